The van der Waals surface area contributed by atoms with Crippen LogP contribution in [-0.4, -0.2) is 20.9 Å². The zero-order valence-electron chi connectivity index (χ0n) is 19.9. The van der Waals surface area contributed by atoms with Crippen LogP contribution in [0.2, 0.25) is 0 Å². The van der Waals surface area contributed by atoms with Crippen LogP contribution in [0.4, 0.5) is 5.82 Å². The maximum Gasteiger partial charge on any atom is 0.322 e. The number of pyridine rings is 1. The van der Waals surface area contributed by atoms with Crippen molar-refractivity contribution in [3.63, 3.8) is 0 Å². The van der Waals surface area contributed by atoms with E-state index < -0.39 is 0 Å². The summed E-state index contributed by atoms with van der Waals surface area (Å²) in [5.41, 5.74) is 11.2. The lowest BCUT2D eigenvalue weighted by Crippen LogP contribution is -2.19. The van der Waals surface area contributed by atoms with Crippen molar-refractivity contribution in [3.8, 4) is 33.3 Å². The average Bonchev–Trinajstić information content (AvgIpc) is 3.32. The number of thiophene rings is 1. The second kappa shape index (κ2) is 10.5. The Morgan fingerprint density at radius 2 is 1.84 bits per heavy atom. The zero-order chi connectivity index (χ0) is 25.9. The van der Waals surface area contributed by atoms with Gasteiger partial charge in [-0.1, -0.05) is 43.0 Å². The Hall–Kier alpha value is -4.08. The van der Waals surface area contributed by atoms with E-state index in [0.29, 0.717) is 24.1 Å². The summed E-state index contributed by atoms with van der Waals surface area (Å²) in [7, 11) is 0. The molecule has 0 unspecified atom stereocenters. The number of nitrogens with two attached hydrogens (primary N) is 1. The summed E-state index contributed by atoms with van der Waals surface area (Å²) in [5, 5.41) is 3.70. The van der Waals surface area contributed by atoms with E-state index in [9.17, 15) is 4.79 Å². The lowest BCUT2D eigenvalue weighted by molar-refractivity contribution is -0.116. The molecule has 0 aliphatic heterocycles. The Morgan fingerprint density at radius 1 is 1.11 bits per heavy atom. The van der Waals surface area contributed by atoms with Crippen molar-refractivity contribution in [1.29, 1.82) is 0 Å². The van der Waals surface area contributed by atoms with Crippen molar-refractivity contribution in [1.82, 2.24) is 20.3 Å². The number of carbonyl (C=O) groups excluding carboxylic acids is 1. The van der Waals surface area contributed by atoms with Crippen molar-refractivity contribution in [3.05, 3.63) is 95.4 Å². The Balaban J connectivity index is 1.54. The zero-order valence-corrected chi connectivity index (χ0v) is 22.3. The molecule has 0 saturated heterocycles. The van der Waals surface area contributed by atoms with E-state index >= 15 is 0 Å². The Bertz CT molecular complexity index is 1620. The van der Waals surface area contributed by atoms with Gasteiger partial charge in [-0.2, -0.15) is 0 Å². The molecule has 7 nitrogen and oxygen atoms in total. The Morgan fingerprint density at radius 3 is 2.54 bits per heavy atom. The number of fused-ring (bicyclic) bond motifs is 1. The third-order valence-corrected chi connectivity index (χ3v) is 7.83. The Labute approximate surface area is 226 Å². The van der Waals surface area contributed by atoms with Crippen LogP contribution in [0, 0.1) is 6.92 Å². The SMILES string of the molecule is C=CC(=O)NCc1ccc(-c2sc3c(Br)cnc(N)c3c2-c2ccc(Oc3nccc(C)n3)cc2)cc1. The molecular formula is C28H22BrN5O2S. The highest BCUT2D eigenvalue weighted by Crippen LogP contribution is 2.48. The van der Waals surface area contributed by atoms with Gasteiger partial charge in [-0.25, -0.2) is 15.0 Å². The van der Waals surface area contributed by atoms with Gasteiger partial charge in [0.05, 0.1) is 9.17 Å². The fourth-order valence-electron chi connectivity index (χ4n) is 3.88. The summed E-state index contributed by atoms with van der Waals surface area (Å²) in [6.07, 6.45) is 4.66. The lowest BCUT2D eigenvalue weighted by atomic mass is 9.98. The van der Waals surface area contributed by atoms with Crippen molar-refractivity contribution < 1.29 is 9.53 Å². The highest BCUT2D eigenvalue weighted by atomic mass is 79.9. The number of aromatic nitrogens is 3. The summed E-state index contributed by atoms with van der Waals surface area (Å²) < 4.78 is 7.74. The first-order chi connectivity index (χ1) is 17.9. The molecule has 5 rings (SSSR count). The number of halogens is 1. The quantitative estimate of drug-likeness (QED) is 0.211. The summed E-state index contributed by atoms with van der Waals surface area (Å²) in [4.78, 5) is 25.4. The van der Waals surface area contributed by atoms with Gasteiger partial charge in [0, 0.05) is 40.5 Å². The molecule has 0 radical (unpaired) electrons. The molecule has 0 aliphatic carbocycles. The summed E-state index contributed by atoms with van der Waals surface area (Å²) in [6.45, 7) is 5.81. The van der Waals surface area contributed by atoms with Crippen LogP contribution in [0.25, 0.3) is 31.7 Å². The number of hydrogen-bond donors (Lipinski definition) is 2. The molecule has 9 heteroatoms. The Kier molecular flexibility index (Phi) is 6.98. The molecule has 3 aromatic heterocycles. The smallest absolute Gasteiger partial charge is 0.322 e. The number of amides is 1. The molecule has 0 saturated carbocycles. The number of aryl methyl sites for hydroxylation is 1. The first kappa shape index (κ1) is 24.6. The van der Waals surface area contributed by atoms with E-state index in [-0.39, 0.29) is 5.91 Å². The number of rotatable bonds is 7. The van der Waals surface area contributed by atoms with Gasteiger partial charge < -0.3 is 15.8 Å². The highest BCUT2D eigenvalue weighted by Gasteiger charge is 2.20. The molecule has 0 fully saturated rings. The van der Waals surface area contributed by atoms with Gasteiger partial charge in [-0.15, -0.1) is 11.3 Å². The fraction of sp³-hybridized carbons (Fsp3) is 0.0714. The third kappa shape index (κ3) is 5.23. The number of benzene rings is 2. The second-order valence-electron chi connectivity index (χ2n) is 8.23. The number of nitrogen functional groups attached to an aromatic ring is 1. The lowest BCUT2D eigenvalue weighted by Gasteiger charge is -2.10. The van der Waals surface area contributed by atoms with E-state index in [1.807, 2.05) is 61.5 Å². The molecule has 0 atom stereocenters. The number of nitrogens with zero attached hydrogens (tertiary/aromatic N) is 3. The van der Waals surface area contributed by atoms with Crippen molar-refractivity contribution in [2.75, 3.05) is 5.73 Å². The van der Waals surface area contributed by atoms with E-state index in [0.717, 1.165) is 47.4 Å². The van der Waals surface area contributed by atoms with Gasteiger partial charge in [0.15, 0.2) is 0 Å². The molecule has 0 spiro atoms. The van der Waals surface area contributed by atoms with Gasteiger partial charge in [-0.3, -0.25) is 4.79 Å². The highest BCUT2D eigenvalue weighted by molar-refractivity contribution is 9.10. The third-order valence-electron chi connectivity index (χ3n) is 5.69. The predicted molar refractivity (Wildman–Crippen MR) is 151 cm³/mol. The minimum absolute atomic E-state index is 0.204. The second-order valence-corrected chi connectivity index (χ2v) is 10.1. The largest absolute Gasteiger partial charge is 0.424 e. The molecule has 5 aromatic rings. The maximum atomic E-state index is 11.5. The van der Waals surface area contributed by atoms with Crippen LogP contribution in [0.1, 0.15) is 11.3 Å². The average molecular weight is 572 g/mol. The standard InChI is InChI=1S/C28H22BrN5O2S/c1-3-22(35)32-14-17-4-6-19(7-5-17)25-23(24-26(37-25)21(29)15-33-27(24)30)18-8-10-20(11-9-18)36-28-31-13-12-16(2)34-28/h3-13,15H,1,14H2,2H3,(H2,30,33)(H,32,35). The first-order valence-corrected chi connectivity index (χ1v) is 13.0. The molecule has 2 aromatic carbocycles. The van der Waals surface area contributed by atoms with Crippen molar-refractivity contribution >= 4 is 49.1 Å². The molecule has 3 N–H and O–H groups in total. The summed E-state index contributed by atoms with van der Waals surface area (Å²) >= 11 is 5.29. The van der Waals surface area contributed by atoms with Crippen LogP contribution >= 0.6 is 27.3 Å². The molecule has 1 amide bonds. The minimum atomic E-state index is -0.204. The topological polar surface area (TPSA) is 103 Å². The number of carbonyl (C=O) groups is 1. The number of anilines is 1. The normalized spacial score (nSPS) is 10.9. The fourth-order valence-corrected chi connectivity index (χ4v) is 5.66. The first-order valence-electron chi connectivity index (χ1n) is 11.4. The molecule has 37 heavy (non-hydrogen) atoms. The molecule has 3 heterocycles. The van der Waals surface area contributed by atoms with Crippen molar-refractivity contribution in [2.45, 2.75) is 13.5 Å². The summed E-state index contributed by atoms with van der Waals surface area (Å²) in [5.74, 6) is 0.895. The maximum absolute atomic E-state index is 11.5. The van der Waals surface area contributed by atoms with E-state index in [1.165, 1.54) is 6.08 Å². The van der Waals surface area contributed by atoms with Gasteiger partial charge in [0.1, 0.15) is 11.6 Å². The van der Waals surface area contributed by atoms with E-state index in [4.69, 9.17) is 10.5 Å². The van der Waals surface area contributed by atoms with Gasteiger partial charge in [-0.05, 0) is 63.8 Å². The molecule has 0 bridgehead atoms. The number of nitrogens with one attached hydrogen (secondary N) is 1. The number of ether oxygens (including phenoxy) is 1. The van der Waals surface area contributed by atoms with Crippen LogP contribution in [0.15, 0.2) is 84.1 Å². The van der Waals surface area contributed by atoms with Gasteiger partial charge in [0.2, 0.25) is 5.91 Å². The van der Waals surface area contributed by atoms with E-state index in [1.54, 1.807) is 23.7 Å². The van der Waals surface area contributed by atoms with Crippen LogP contribution in [0.3, 0.4) is 0 Å². The van der Waals surface area contributed by atoms with E-state index in [2.05, 4.69) is 42.8 Å². The van der Waals surface area contributed by atoms with Gasteiger partial charge >= 0.3 is 6.01 Å². The molecule has 184 valence electrons. The minimum Gasteiger partial charge on any atom is -0.424 e. The van der Waals surface area contributed by atoms with Crippen LogP contribution in [0.5, 0.6) is 11.8 Å². The predicted octanol–water partition coefficient (Wildman–Crippen LogP) is 6.67. The summed E-state index contributed by atoms with van der Waals surface area (Å²) in [6, 6.07) is 18.0. The number of hydrogen-bond acceptors (Lipinski definition) is 7. The van der Waals surface area contributed by atoms with Crippen molar-refractivity contribution in [2.24, 2.45) is 0 Å². The van der Waals surface area contributed by atoms with Crippen LogP contribution in [-0.2, 0) is 11.3 Å². The monoisotopic (exact) mass is 571 g/mol. The van der Waals surface area contributed by atoms with Crippen LogP contribution < -0.4 is 15.8 Å². The molecular weight excluding hydrogens is 550 g/mol. The molecule has 0 aliphatic rings. The van der Waals surface area contributed by atoms with Gasteiger partial charge in [0.25, 0.3) is 0 Å².